The van der Waals surface area contributed by atoms with Gasteiger partial charge in [0.2, 0.25) is 0 Å². The molecule has 0 amide bonds. The van der Waals surface area contributed by atoms with Crippen molar-refractivity contribution in [3.05, 3.63) is 12.7 Å². The molecule has 0 spiro atoms. The number of hydrogen-bond acceptors (Lipinski definition) is 2. The van der Waals surface area contributed by atoms with Crippen LogP contribution in [-0.4, -0.2) is 21.9 Å². The second-order valence-corrected chi connectivity index (χ2v) is 2.60. The molecule has 0 saturated heterocycles. The normalized spacial score (nSPS) is 43.1. The van der Waals surface area contributed by atoms with Crippen LogP contribution >= 0.6 is 0 Å². The van der Waals surface area contributed by atoms with E-state index in [0.29, 0.717) is 12.8 Å². The maximum atomic E-state index is 9.40. The molecule has 1 fully saturated rings. The molecule has 0 bridgehead atoms. The first-order chi connectivity index (χ1) is 4.19. The summed E-state index contributed by atoms with van der Waals surface area (Å²) in [4.78, 5) is 0. The summed E-state index contributed by atoms with van der Waals surface area (Å²) in [6.07, 6.45) is 3.09. The summed E-state index contributed by atoms with van der Waals surface area (Å²) >= 11 is 0. The lowest BCUT2D eigenvalue weighted by Crippen LogP contribution is -2.34. The van der Waals surface area contributed by atoms with Crippen LogP contribution in [0.15, 0.2) is 12.7 Å². The van der Waals surface area contributed by atoms with Crippen molar-refractivity contribution < 1.29 is 10.2 Å². The zero-order chi connectivity index (χ0) is 6.91. The lowest BCUT2D eigenvalue weighted by molar-refractivity contribution is -0.0154. The average Bonchev–Trinajstić information content (AvgIpc) is 2.15. The van der Waals surface area contributed by atoms with E-state index in [9.17, 15) is 5.11 Å². The van der Waals surface area contributed by atoms with Crippen molar-refractivity contribution in [1.29, 1.82) is 0 Å². The van der Waals surface area contributed by atoms with Gasteiger partial charge in [0, 0.05) is 0 Å². The summed E-state index contributed by atoms with van der Waals surface area (Å²) in [6.45, 7) is 3.45. The highest BCUT2D eigenvalue weighted by Gasteiger charge is 2.36. The van der Waals surface area contributed by atoms with Gasteiger partial charge in [-0.1, -0.05) is 6.08 Å². The molecule has 0 unspecified atom stereocenters. The fourth-order valence-corrected chi connectivity index (χ4v) is 1.23. The molecule has 1 saturated carbocycles. The van der Waals surface area contributed by atoms with E-state index < -0.39 is 11.7 Å². The lowest BCUT2D eigenvalue weighted by atomic mass is 10.0. The SMILES string of the molecule is C=C[C@]1(O)CCC[C@@H]1O. The molecular formula is C7H12O2. The van der Waals surface area contributed by atoms with Crippen LogP contribution in [0.2, 0.25) is 0 Å². The molecule has 0 heterocycles. The molecule has 1 rings (SSSR count). The molecule has 1 aliphatic rings. The molecular weight excluding hydrogens is 116 g/mol. The van der Waals surface area contributed by atoms with E-state index in [0.717, 1.165) is 6.42 Å². The molecule has 2 heteroatoms. The van der Waals surface area contributed by atoms with Crippen molar-refractivity contribution in [2.75, 3.05) is 0 Å². The van der Waals surface area contributed by atoms with E-state index in [-0.39, 0.29) is 0 Å². The smallest absolute Gasteiger partial charge is 0.108 e. The Kier molecular flexibility index (Phi) is 1.60. The van der Waals surface area contributed by atoms with Crippen LogP contribution in [0.25, 0.3) is 0 Å². The highest BCUT2D eigenvalue weighted by Crippen LogP contribution is 2.30. The monoisotopic (exact) mass is 128 g/mol. The Bertz CT molecular complexity index is 122. The minimum absolute atomic E-state index is 0.588. The highest BCUT2D eigenvalue weighted by molar-refractivity contribution is 5.04. The van der Waals surface area contributed by atoms with Crippen molar-refractivity contribution >= 4 is 0 Å². The van der Waals surface area contributed by atoms with Crippen molar-refractivity contribution in [2.24, 2.45) is 0 Å². The Labute approximate surface area is 54.8 Å². The molecule has 2 nitrogen and oxygen atoms in total. The third-order valence-electron chi connectivity index (χ3n) is 1.99. The first kappa shape index (κ1) is 6.78. The van der Waals surface area contributed by atoms with Crippen molar-refractivity contribution in [3.63, 3.8) is 0 Å². The van der Waals surface area contributed by atoms with Crippen LogP contribution in [0, 0.1) is 0 Å². The highest BCUT2D eigenvalue weighted by atomic mass is 16.3. The predicted octanol–water partition coefficient (Wildman–Crippen LogP) is 0.448. The Morgan fingerprint density at radius 2 is 2.33 bits per heavy atom. The van der Waals surface area contributed by atoms with E-state index in [4.69, 9.17) is 5.11 Å². The summed E-state index contributed by atoms with van der Waals surface area (Å²) in [5.41, 5.74) is -0.986. The summed E-state index contributed by atoms with van der Waals surface area (Å²) < 4.78 is 0. The van der Waals surface area contributed by atoms with Gasteiger partial charge in [0.25, 0.3) is 0 Å². The molecule has 0 aromatic rings. The van der Waals surface area contributed by atoms with Crippen LogP contribution in [-0.2, 0) is 0 Å². The first-order valence-electron chi connectivity index (χ1n) is 3.23. The van der Waals surface area contributed by atoms with Gasteiger partial charge in [-0.15, -0.1) is 6.58 Å². The maximum absolute atomic E-state index is 9.40. The molecule has 0 aromatic carbocycles. The van der Waals surface area contributed by atoms with Crippen molar-refractivity contribution in [3.8, 4) is 0 Å². The van der Waals surface area contributed by atoms with Crippen LogP contribution in [0.3, 0.4) is 0 Å². The van der Waals surface area contributed by atoms with Gasteiger partial charge in [-0.05, 0) is 19.3 Å². The molecule has 52 valence electrons. The van der Waals surface area contributed by atoms with Crippen molar-refractivity contribution in [1.82, 2.24) is 0 Å². The largest absolute Gasteiger partial charge is 0.390 e. The molecule has 0 radical (unpaired) electrons. The fraction of sp³-hybridized carbons (Fsp3) is 0.714. The zero-order valence-electron chi connectivity index (χ0n) is 5.38. The fourth-order valence-electron chi connectivity index (χ4n) is 1.23. The minimum atomic E-state index is -0.986. The standard InChI is InChI=1S/C7H12O2/c1-2-7(9)5-3-4-6(7)8/h2,6,8-9H,1,3-5H2/t6-,7-/m0/s1. The summed E-state index contributed by atoms with van der Waals surface area (Å²) in [5.74, 6) is 0. The second kappa shape index (κ2) is 2.12. The van der Waals surface area contributed by atoms with Crippen LogP contribution in [0.4, 0.5) is 0 Å². The van der Waals surface area contributed by atoms with Crippen LogP contribution in [0.5, 0.6) is 0 Å². The molecule has 2 atom stereocenters. The predicted molar refractivity (Wildman–Crippen MR) is 35.0 cm³/mol. The summed E-state index contributed by atoms with van der Waals surface area (Å²) in [7, 11) is 0. The van der Waals surface area contributed by atoms with Gasteiger partial charge in [-0.2, -0.15) is 0 Å². The van der Waals surface area contributed by atoms with Gasteiger partial charge in [0.1, 0.15) is 5.60 Å². The van der Waals surface area contributed by atoms with Gasteiger partial charge >= 0.3 is 0 Å². The topological polar surface area (TPSA) is 40.5 Å². The van der Waals surface area contributed by atoms with Crippen molar-refractivity contribution in [2.45, 2.75) is 31.0 Å². The molecule has 9 heavy (non-hydrogen) atoms. The zero-order valence-corrected chi connectivity index (χ0v) is 5.38. The molecule has 0 aliphatic heterocycles. The third-order valence-corrected chi connectivity index (χ3v) is 1.99. The Balaban J connectivity index is 2.66. The second-order valence-electron chi connectivity index (χ2n) is 2.60. The van der Waals surface area contributed by atoms with E-state index in [1.165, 1.54) is 6.08 Å². The van der Waals surface area contributed by atoms with E-state index in [1.54, 1.807) is 0 Å². The lowest BCUT2D eigenvalue weighted by Gasteiger charge is -2.21. The van der Waals surface area contributed by atoms with Gasteiger partial charge < -0.3 is 10.2 Å². The number of rotatable bonds is 1. The minimum Gasteiger partial charge on any atom is -0.390 e. The quantitative estimate of drug-likeness (QED) is 0.503. The van der Waals surface area contributed by atoms with Crippen LogP contribution < -0.4 is 0 Å². The number of aliphatic hydroxyl groups is 2. The summed E-state index contributed by atoms with van der Waals surface area (Å²) in [6, 6.07) is 0. The number of hydrogen-bond donors (Lipinski definition) is 2. The van der Waals surface area contributed by atoms with Crippen LogP contribution in [0.1, 0.15) is 19.3 Å². The third kappa shape index (κ3) is 1.00. The summed E-state index contributed by atoms with van der Waals surface area (Å²) in [5, 5.41) is 18.5. The Morgan fingerprint density at radius 3 is 2.56 bits per heavy atom. The molecule has 2 N–H and O–H groups in total. The Hall–Kier alpha value is -0.340. The van der Waals surface area contributed by atoms with E-state index in [1.807, 2.05) is 0 Å². The molecule has 0 aromatic heterocycles. The maximum Gasteiger partial charge on any atom is 0.108 e. The van der Waals surface area contributed by atoms with Gasteiger partial charge in [0.05, 0.1) is 6.10 Å². The number of aliphatic hydroxyl groups excluding tert-OH is 1. The van der Waals surface area contributed by atoms with Gasteiger partial charge in [-0.25, -0.2) is 0 Å². The molecule has 1 aliphatic carbocycles. The average molecular weight is 128 g/mol. The Morgan fingerprint density at radius 1 is 1.67 bits per heavy atom. The van der Waals surface area contributed by atoms with Gasteiger partial charge in [-0.3, -0.25) is 0 Å². The van der Waals surface area contributed by atoms with Gasteiger partial charge in [0.15, 0.2) is 0 Å². The first-order valence-corrected chi connectivity index (χ1v) is 3.23. The van der Waals surface area contributed by atoms with E-state index >= 15 is 0 Å². The van der Waals surface area contributed by atoms with E-state index in [2.05, 4.69) is 6.58 Å².